The number of halogens is 2. The van der Waals surface area contributed by atoms with Crippen molar-refractivity contribution in [2.24, 2.45) is 5.84 Å². The van der Waals surface area contributed by atoms with Crippen molar-refractivity contribution in [1.82, 2.24) is 10.4 Å². The number of rotatable bonds is 4. The Morgan fingerprint density at radius 2 is 2.00 bits per heavy atom. The maximum atomic E-state index is 13.5. The number of hydrazine groups is 1. The predicted octanol–water partition coefficient (Wildman–Crippen LogP) is 2.73. The van der Waals surface area contributed by atoms with Crippen molar-refractivity contribution in [3.63, 3.8) is 0 Å². The van der Waals surface area contributed by atoms with E-state index >= 15 is 0 Å². The van der Waals surface area contributed by atoms with E-state index in [9.17, 15) is 4.39 Å². The summed E-state index contributed by atoms with van der Waals surface area (Å²) in [7, 11) is 0. The molecule has 3 nitrogen and oxygen atoms in total. The number of nitrogens with one attached hydrogen (secondary N) is 1. The van der Waals surface area contributed by atoms with Crippen LogP contribution in [0.25, 0.3) is 0 Å². The van der Waals surface area contributed by atoms with Gasteiger partial charge in [-0.25, -0.2) is 4.39 Å². The van der Waals surface area contributed by atoms with E-state index in [1.807, 2.05) is 18.2 Å². The van der Waals surface area contributed by atoms with Crippen LogP contribution in [0, 0.1) is 5.82 Å². The Morgan fingerprint density at radius 3 is 2.61 bits per heavy atom. The minimum absolute atomic E-state index is 0.130. The van der Waals surface area contributed by atoms with E-state index in [-0.39, 0.29) is 11.9 Å². The van der Waals surface area contributed by atoms with Crippen LogP contribution in [0.5, 0.6) is 0 Å². The number of benzene rings is 1. The molecule has 94 valence electrons. The fourth-order valence-corrected chi connectivity index (χ4v) is 2.00. The molecule has 1 atom stereocenters. The third kappa shape index (κ3) is 3.13. The van der Waals surface area contributed by atoms with Gasteiger partial charge in [-0.2, -0.15) is 0 Å². The number of hydrogen-bond donors (Lipinski definition) is 2. The van der Waals surface area contributed by atoms with Gasteiger partial charge in [0.1, 0.15) is 5.82 Å². The molecule has 1 heterocycles. The minimum Gasteiger partial charge on any atom is -0.271 e. The monoisotopic (exact) mass is 309 g/mol. The smallest absolute Gasteiger partial charge is 0.137 e. The van der Waals surface area contributed by atoms with Gasteiger partial charge in [-0.1, -0.05) is 6.07 Å². The highest BCUT2D eigenvalue weighted by molar-refractivity contribution is 9.10. The van der Waals surface area contributed by atoms with Gasteiger partial charge in [-0.15, -0.1) is 0 Å². The highest BCUT2D eigenvalue weighted by Crippen LogP contribution is 2.22. The summed E-state index contributed by atoms with van der Waals surface area (Å²) in [6.45, 7) is 0. The number of pyridine rings is 1. The molecule has 0 fully saturated rings. The SMILES string of the molecule is NNC(Cc1ccncc1)c1ccc(Br)c(F)c1. The Hall–Kier alpha value is -1.30. The summed E-state index contributed by atoms with van der Waals surface area (Å²) in [5.41, 5.74) is 4.62. The molecule has 3 N–H and O–H groups in total. The largest absolute Gasteiger partial charge is 0.271 e. The summed E-state index contributed by atoms with van der Waals surface area (Å²) in [6, 6.07) is 8.71. The number of nitrogens with zero attached hydrogens (tertiary/aromatic N) is 1. The fourth-order valence-electron chi connectivity index (χ4n) is 1.76. The van der Waals surface area contributed by atoms with E-state index in [1.165, 1.54) is 6.07 Å². The summed E-state index contributed by atoms with van der Waals surface area (Å²) >= 11 is 3.13. The lowest BCUT2D eigenvalue weighted by Gasteiger charge is -2.16. The summed E-state index contributed by atoms with van der Waals surface area (Å²) < 4.78 is 13.9. The molecule has 2 aromatic rings. The van der Waals surface area contributed by atoms with E-state index in [0.29, 0.717) is 10.9 Å². The third-order valence-electron chi connectivity index (χ3n) is 2.74. The van der Waals surface area contributed by atoms with Gasteiger partial charge in [0.15, 0.2) is 0 Å². The molecule has 5 heteroatoms. The Bertz CT molecular complexity index is 519. The molecule has 0 amide bonds. The van der Waals surface area contributed by atoms with Crippen molar-refractivity contribution in [3.8, 4) is 0 Å². The standard InChI is InChI=1S/C13H13BrFN3/c14-11-2-1-10(8-12(11)15)13(18-16)7-9-3-5-17-6-4-9/h1-6,8,13,18H,7,16H2. The molecule has 0 aliphatic rings. The van der Waals surface area contributed by atoms with Gasteiger partial charge in [-0.05, 0) is 57.7 Å². The van der Waals surface area contributed by atoms with E-state index in [4.69, 9.17) is 5.84 Å². The predicted molar refractivity (Wildman–Crippen MR) is 72.1 cm³/mol. The lowest BCUT2D eigenvalue weighted by Crippen LogP contribution is -2.29. The second kappa shape index (κ2) is 6.04. The average molecular weight is 310 g/mol. The molecule has 0 radical (unpaired) electrons. The summed E-state index contributed by atoms with van der Waals surface area (Å²) in [4.78, 5) is 3.96. The van der Waals surface area contributed by atoms with Crippen LogP contribution in [-0.4, -0.2) is 4.98 Å². The normalized spacial score (nSPS) is 12.4. The zero-order chi connectivity index (χ0) is 13.0. The van der Waals surface area contributed by atoms with Crippen LogP contribution >= 0.6 is 15.9 Å². The first-order chi connectivity index (χ1) is 8.70. The number of aromatic nitrogens is 1. The molecule has 0 bridgehead atoms. The molecule has 1 aromatic heterocycles. The molecule has 18 heavy (non-hydrogen) atoms. The van der Waals surface area contributed by atoms with Gasteiger partial charge in [0.25, 0.3) is 0 Å². The molecule has 1 unspecified atom stereocenters. The average Bonchev–Trinajstić information content (AvgIpc) is 2.40. The first kappa shape index (κ1) is 13.1. The van der Waals surface area contributed by atoms with Crippen molar-refractivity contribution >= 4 is 15.9 Å². The lowest BCUT2D eigenvalue weighted by molar-refractivity contribution is 0.543. The topological polar surface area (TPSA) is 50.9 Å². The summed E-state index contributed by atoms with van der Waals surface area (Å²) in [5, 5.41) is 0. The molecular formula is C13H13BrFN3. The fraction of sp³-hybridized carbons (Fsp3) is 0.154. The zero-order valence-corrected chi connectivity index (χ0v) is 11.2. The summed E-state index contributed by atoms with van der Waals surface area (Å²) in [6.07, 6.45) is 4.14. The Kier molecular flexibility index (Phi) is 4.41. The van der Waals surface area contributed by atoms with Gasteiger partial charge in [-0.3, -0.25) is 16.3 Å². The maximum absolute atomic E-state index is 13.5. The Labute approximate surface area is 113 Å². The molecular weight excluding hydrogens is 297 g/mol. The van der Waals surface area contributed by atoms with Gasteiger partial charge >= 0.3 is 0 Å². The summed E-state index contributed by atoms with van der Waals surface area (Å²) in [5.74, 6) is 5.25. The van der Waals surface area contributed by atoms with Gasteiger partial charge in [0, 0.05) is 12.4 Å². The highest BCUT2D eigenvalue weighted by Gasteiger charge is 2.12. The van der Waals surface area contributed by atoms with E-state index in [1.54, 1.807) is 18.5 Å². The first-order valence-electron chi connectivity index (χ1n) is 5.50. The van der Waals surface area contributed by atoms with Crippen molar-refractivity contribution in [1.29, 1.82) is 0 Å². The van der Waals surface area contributed by atoms with Crippen molar-refractivity contribution in [2.75, 3.05) is 0 Å². The quantitative estimate of drug-likeness (QED) is 0.674. The van der Waals surface area contributed by atoms with Crippen LogP contribution in [0.2, 0.25) is 0 Å². The molecule has 0 saturated heterocycles. The second-order valence-electron chi connectivity index (χ2n) is 3.95. The molecule has 0 saturated carbocycles. The van der Waals surface area contributed by atoms with E-state index in [2.05, 4.69) is 26.3 Å². The van der Waals surface area contributed by atoms with Gasteiger partial charge in [0.05, 0.1) is 10.5 Å². The third-order valence-corrected chi connectivity index (χ3v) is 3.38. The van der Waals surface area contributed by atoms with Gasteiger partial charge < -0.3 is 0 Å². The molecule has 1 aromatic carbocycles. The second-order valence-corrected chi connectivity index (χ2v) is 4.81. The van der Waals surface area contributed by atoms with Crippen LogP contribution < -0.4 is 11.3 Å². The van der Waals surface area contributed by atoms with Crippen molar-refractivity contribution in [3.05, 3.63) is 64.1 Å². The maximum Gasteiger partial charge on any atom is 0.137 e. The van der Waals surface area contributed by atoms with Gasteiger partial charge in [0.2, 0.25) is 0 Å². The Balaban J connectivity index is 2.20. The van der Waals surface area contributed by atoms with Crippen LogP contribution in [0.1, 0.15) is 17.2 Å². The van der Waals surface area contributed by atoms with E-state index in [0.717, 1.165) is 11.1 Å². The first-order valence-corrected chi connectivity index (χ1v) is 6.30. The van der Waals surface area contributed by atoms with Crippen LogP contribution in [0.4, 0.5) is 4.39 Å². The number of hydrogen-bond acceptors (Lipinski definition) is 3. The minimum atomic E-state index is -0.289. The van der Waals surface area contributed by atoms with E-state index < -0.39 is 0 Å². The van der Waals surface area contributed by atoms with Crippen LogP contribution in [0.3, 0.4) is 0 Å². The van der Waals surface area contributed by atoms with Crippen molar-refractivity contribution < 1.29 is 4.39 Å². The molecule has 0 aliphatic heterocycles. The van der Waals surface area contributed by atoms with Crippen LogP contribution in [0.15, 0.2) is 47.2 Å². The Morgan fingerprint density at radius 1 is 1.28 bits per heavy atom. The molecule has 0 spiro atoms. The zero-order valence-electron chi connectivity index (χ0n) is 9.61. The highest BCUT2D eigenvalue weighted by atomic mass is 79.9. The van der Waals surface area contributed by atoms with Crippen molar-refractivity contribution in [2.45, 2.75) is 12.5 Å². The molecule has 0 aliphatic carbocycles. The molecule has 2 rings (SSSR count). The van der Waals surface area contributed by atoms with Crippen LogP contribution in [-0.2, 0) is 6.42 Å². The lowest BCUT2D eigenvalue weighted by atomic mass is 10.00. The number of nitrogens with two attached hydrogens (primary N) is 1.